The minimum Gasteiger partial charge on any atom is -0.464 e. The maximum atomic E-state index is 12.3. The van der Waals surface area contributed by atoms with Crippen LogP contribution >= 0.6 is 11.8 Å². The number of nitrogens with zero attached hydrogens (tertiary/aromatic N) is 2. The monoisotopic (exact) mass is 375 g/mol. The third-order valence-electron chi connectivity index (χ3n) is 3.81. The van der Waals surface area contributed by atoms with E-state index in [0.717, 1.165) is 22.1 Å². The molecule has 0 aliphatic rings. The van der Waals surface area contributed by atoms with Gasteiger partial charge in [0.2, 0.25) is 11.8 Å². The van der Waals surface area contributed by atoms with E-state index >= 15 is 0 Å². The van der Waals surface area contributed by atoms with Crippen molar-refractivity contribution >= 4 is 29.3 Å². The lowest BCUT2D eigenvalue weighted by atomic mass is 10.3. The predicted molar refractivity (Wildman–Crippen MR) is 104 cm³/mol. The second-order valence-corrected chi connectivity index (χ2v) is 7.03. The molecule has 0 spiro atoms. The van der Waals surface area contributed by atoms with Crippen molar-refractivity contribution in [1.82, 2.24) is 9.80 Å². The zero-order valence-electron chi connectivity index (χ0n) is 15.6. The van der Waals surface area contributed by atoms with Crippen LogP contribution < -0.4 is 5.32 Å². The van der Waals surface area contributed by atoms with Crippen molar-refractivity contribution < 1.29 is 14.0 Å². The van der Waals surface area contributed by atoms with Crippen molar-refractivity contribution in [2.75, 3.05) is 38.8 Å². The number of aryl methyl sites for hydroxylation is 1. The van der Waals surface area contributed by atoms with Crippen LogP contribution in [0.3, 0.4) is 0 Å². The summed E-state index contributed by atoms with van der Waals surface area (Å²) in [7, 11) is 3.48. The minimum atomic E-state index is -0.147. The minimum absolute atomic E-state index is 0.0705. The van der Waals surface area contributed by atoms with Gasteiger partial charge in [-0.25, -0.2) is 0 Å². The van der Waals surface area contributed by atoms with Crippen molar-refractivity contribution in [2.24, 2.45) is 0 Å². The quantitative estimate of drug-likeness (QED) is 0.719. The second-order valence-electron chi connectivity index (χ2n) is 6.18. The van der Waals surface area contributed by atoms with Gasteiger partial charge in [0.1, 0.15) is 11.5 Å². The summed E-state index contributed by atoms with van der Waals surface area (Å²) in [6.45, 7) is 2.58. The molecule has 0 saturated heterocycles. The van der Waals surface area contributed by atoms with Crippen LogP contribution in [0.4, 0.5) is 5.69 Å². The highest BCUT2D eigenvalue weighted by molar-refractivity contribution is 7.98. The Kier molecular flexibility index (Phi) is 7.29. The summed E-state index contributed by atoms with van der Waals surface area (Å²) >= 11 is 1.58. The Morgan fingerprint density at radius 2 is 1.85 bits per heavy atom. The molecule has 0 bridgehead atoms. The lowest BCUT2D eigenvalue weighted by Crippen LogP contribution is -2.39. The number of nitrogens with one attached hydrogen (secondary N) is 1. The summed E-state index contributed by atoms with van der Waals surface area (Å²) < 4.78 is 5.49. The number of hydrogen-bond acceptors (Lipinski definition) is 5. The van der Waals surface area contributed by atoms with Gasteiger partial charge in [-0.1, -0.05) is 12.1 Å². The van der Waals surface area contributed by atoms with Crippen LogP contribution in [0, 0.1) is 6.92 Å². The average Bonchev–Trinajstić information content (AvgIpc) is 2.99. The van der Waals surface area contributed by atoms with Gasteiger partial charge in [-0.3, -0.25) is 14.5 Å². The average molecular weight is 375 g/mol. The number of rotatable bonds is 8. The summed E-state index contributed by atoms with van der Waals surface area (Å²) in [6.07, 6.45) is 1.96. The van der Waals surface area contributed by atoms with Gasteiger partial charge >= 0.3 is 0 Å². The number of para-hydroxylation sites is 1. The molecule has 0 aliphatic carbocycles. The topological polar surface area (TPSA) is 65.8 Å². The molecule has 26 heavy (non-hydrogen) atoms. The summed E-state index contributed by atoms with van der Waals surface area (Å²) in [5, 5.41) is 2.90. The Morgan fingerprint density at radius 3 is 2.50 bits per heavy atom. The fourth-order valence-electron chi connectivity index (χ4n) is 2.48. The van der Waals surface area contributed by atoms with Crippen molar-refractivity contribution in [3.63, 3.8) is 0 Å². The highest BCUT2D eigenvalue weighted by Gasteiger charge is 2.16. The van der Waals surface area contributed by atoms with Gasteiger partial charge < -0.3 is 14.6 Å². The fraction of sp³-hybridized carbons (Fsp3) is 0.368. The molecule has 2 amide bonds. The van der Waals surface area contributed by atoms with Gasteiger partial charge in [0.25, 0.3) is 0 Å². The number of furan rings is 1. The van der Waals surface area contributed by atoms with E-state index in [1.165, 1.54) is 0 Å². The standard InChI is InChI=1S/C19H25N3O3S/c1-14-9-10-15(25-14)11-22(3)19(24)13-21(2)12-18(23)20-16-7-5-6-8-17(16)26-4/h5-10H,11-13H2,1-4H3,(H,20,23). The molecule has 1 heterocycles. The summed E-state index contributed by atoms with van der Waals surface area (Å²) in [5.41, 5.74) is 0.787. The SMILES string of the molecule is CSc1ccccc1NC(=O)CN(C)CC(=O)N(C)Cc1ccc(C)o1. The van der Waals surface area contributed by atoms with E-state index in [2.05, 4.69) is 5.32 Å². The lowest BCUT2D eigenvalue weighted by molar-refractivity contribution is -0.131. The van der Waals surface area contributed by atoms with Gasteiger partial charge in [0.15, 0.2) is 0 Å². The van der Waals surface area contributed by atoms with Crippen molar-refractivity contribution in [1.29, 1.82) is 0 Å². The normalized spacial score (nSPS) is 10.8. The number of amides is 2. The van der Waals surface area contributed by atoms with Crippen LogP contribution in [-0.2, 0) is 16.1 Å². The van der Waals surface area contributed by atoms with Crippen LogP contribution in [-0.4, -0.2) is 55.1 Å². The molecule has 0 saturated carbocycles. The van der Waals surface area contributed by atoms with Crippen LogP contribution in [0.5, 0.6) is 0 Å². The number of carbonyl (C=O) groups excluding carboxylic acids is 2. The van der Waals surface area contributed by atoms with Crippen LogP contribution in [0.15, 0.2) is 45.7 Å². The van der Waals surface area contributed by atoms with E-state index in [9.17, 15) is 9.59 Å². The number of hydrogen-bond donors (Lipinski definition) is 1. The highest BCUT2D eigenvalue weighted by Crippen LogP contribution is 2.24. The maximum absolute atomic E-state index is 12.3. The van der Waals surface area contributed by atoms with Crippen molar-refractivity contribution in [2.45, 2.75) is 18.4 Å². The Morgan fingerprint density at radius 1 is 1.12 bits per heavy atom. The molecule has 2 rings (SSSR count). The first-order valence-corrected chi connectivity index (χ1v) is 9.52. The predicted octanol–water partition coefficient (Wildman–Crippen LogP) is 2.84. The Hall–Kier alpha value is -2.25. The van der Waals surface area contributed by atoms with E-state index in [1.807, 2.05) is 49.6 Å². The molecule has 0 radical (unpaired) electrons. The van der Waals surface area contributed by atoms with Gasteiger partial charge in [-0.05, 0) is 44.5 Å². The molecular formula is C19H25N3O3S. The van der Waals surface area contributed by atoms with Crippen LogP contribution in [0.2, 0.25) is 0 Å². The van der Waals surface area contributed by atoms with E-state index in [4.69, 9.17) is 4.42 Å². The smallest absolute Gasteiger partial charge is 0.238 e. The first-order chi connectivity index (χ1) is 12.4. The first-order valence-electron chi connectivity index (χ1n) is 8.29. The second kappa shape index (κ2) is 9.45. The Balaban J connectivity index is 1.82. The van der Waals surface area contributed by atoms with Crippen molar-refractivity contribution in [3.05, 3.63) is 47.9 Å². The molecule has 0 aliphatic heterocycles. The number of benzene rings is 1. The molecule has 1 N–H and O–H groups in total. The maximum Gasteiger partial charge on any atom is 0.238 e. The number of anilines is 1. The number of thioether (sulfide) groups is 1. The molecule has 1 aromatic carbocycles. The third-order valence-corrected chi connectivity index (χ3v) is 4.61. The highest BCUT2D eigenvalue weighted by atomic mass is 32.2. The van der Waals surface area contributed by atoms with Gasteiger partial charge in [0, 0.05) is 11.9 Å². The zero-order valence-corrected chi connectivity index (χ0v) is 16.4. The largest absolute Gasteiger partial charge is 0.464 e. The number of likely N-dealkylation sites (N-methyl/N-ethyl adjacent to an activating group) is 2. The van der Waals surface area contributed by atoms with E-state index in [-0.39, 0.29) is 24.9 Å². The number of carbonyl (C=O) groups is 2. The summed E-state index contributed by atoms with van der Waals surface area (Å²) in [6, 6.07) is 11.4. The fourth-order valence-corrected chi connectivity index (χ4v) is 3.04. The summed E-state index contributed by atoms with van der Waals surface area (Å²) in [4.78, 5) is 28.8. The van der Waals surface area contributed by atoms with Crippen molar-refractivity contribution in [3.8, 4) is 0 Å². The third kappa shape index (κ3) is 5.93. The summed E-state index contributed by atoms with van der Waals surface area (Å²) in [5.74, 6) is 1.34. The Labute approximate surface area is 158 Å². The molecule has 0 atom stereocenters. The molecule has 7 heteroatoms. The molecule has 0 fully saturated rings. The van der Waals surface area contributed by atoms with Gasteiger partial charge in [-0.15, -0.1) is 11.8 Å². The molecule has 0 unspecified atom stereocenters. The Bertz CT molecular complexity index is 760. The van der Waals surface area contributed by atoms with Gasteiger partial charge in [0.05, 0.1) is 25.3 Å². The van der Waals surface area contributed by atoms with E-state index in [1.54, 1.807) is 35.7 Å². The van der Waals surface area contributed by atoms with E-state index < -0.39 is 0 Å². The van der Waals surface area contributed by atoms with E-state index in [0.29, 0.717) is 6.54 Å². The van der Waals surface area contributed by atoms with Crippen LogP contribution in [0.1, 0.15) is 11.5 Å². The molecule has 6 nitrogen and oxygen atoms in total. The lowest BCUT2D eigenvalue weighted by Gasteiger charge is -2.21. The zero-order chi connectivity index (χ0) is 19.1. The first kappa shape index (κ1) is 20.1. The molecule has 2 aromatic rings. The molecule has 1 aromatic heterocycles. The van der Waals surface area contributed by atoms with Crippen LogP contribution in [0.25, 0.3) is 0 Å². The molecule has 140 valence electrons. The van der Waals surface area contributed by atoms with Gasteiger partial charge in [-0.2, -0.15) is 0 Å². The molecular weight excluding hydrogens is 350 g/mol.